The summed E-state index contributed by atoms with van der Waals surface area (Å²) in [6.45, 7) is 6.19. The molecule has 3 nitrogen and oxygen atoms in total. The molecule has 1 amide bonds. The molecule has 1 heterocycles. The zero-order chi connectivity index (χ0) is 14.2. The van der Waals surface area contributed by atoms with Gasteiger partial charge in [0, 0.05) is 6.54 Å². The number of carbonyl (C=O) groups is 1. The summed E-state index contributed by atoms with van der Waals surface area (Å²) in [5.74, 6) is 0.851. The first-order valence-corrected chi connectivity index (χ1v) is 7.54. The summed E-state index contributed by atoms with van der Waals surface area (Å²) in [5, 5.41) is 0. The lowest BCUT2D eigenvalue weighted by molar-refractivity contribution is -0.148. The Morgan fingerprint density at radius 3 is 2.60 bits per heavy atom. The summed E-state index contributed by atoms with van der Waals surface area (Å²) in [5.41, 5.74) is 0.972. The van der Waals surface area contributed by atoms with Crippen LogP contribution in [0.1, 0.15) is 38.2 Å². The summed E-state index contributed by atoms with van der Waals surface area (Å²) in [6, 6.07) is 10.3. The zero-order valence-electron chi connectivity index (χ0n) is 12.3. The third-order valence-electron chi connectivity index (χ3n) is 4.43. The Morgan fingerprint density at radius 1 is 1.30 bits per heavy atom. The predicted octanol–water partition coefficient (Wildman–Crippen LogP) is 2.82. The number of hydrogen-bond acceptors (Lipinski definition) is 2. The second-order valence-corrected chi connectivity index (χ2v) is 6.58. The number of benzene rings is 1. The summed E-state index contributed by atoms with van der Waals surface area (Å²) in [6.07, 6.45) is 2.35. The standard InChI is InChI=1S/C17H23NO2/c1-17(2)12-20-11-10-18(17)16(19)15(14-8-9-14)13-6-4-3-5-7-13/h3-7,14-15H,8-12H2,1-2H3. The van der Waals surface area contributed by atoms with Crippen LogP contribution in [0.25, 0.3) is 0 Å². The van der Waals surface area contributed by atoms with Gasteiger partial charge in [-0.2, -0.15) is 0 Å². The fourth-order valence-corrected chi connectivity index (χ4v) is 3.14. The Balaban J connectivity index is 1.86. The Kier molecular flexibility index (Phi) is 3.55. The summed E-state index contributed by atoms with van der Waals surface area (Å²) < 4.78 is 5.53. The first kappa shape index (κ1) is 13.6. The molecular formula is C17H23NO2. The molecule has 1 aromatic carbocycles. The average molecular weight is 273 g/mol. The van der Waals surface area contributed by atoms with Crippen molar-refractivity contribution in [2.24, 2.45) is 5.92 Å². The van der Waals surface area contributed by atoms with Crippen molar-refractivity contribution in [2.45, 2.75) is 38.1 Å². The van der Waals surface area contributed by atoms with Gasteiger partial charge >= 0.3 is 0 Å². The van der Waals surface area contributed by atoms with E-state index < -0.39 is 0 Å². The third kappa shape index (κ3) is 2.59. The van der Waals surface area contributed by atoms with E-state index in [1.54, 1.807) is 0 Å². The van der Waals surface area contributed by atoms with Crippen molar-refractivity contribution < 1.29 is 9.53 Å². The molecule has 0 spiro atoms. The van der Waals surface area contributed by atoms with Gasteiger partial charge in [-0.1, -0.05) is 30.3 Å². The molecular weight excluding hydrogens is 250 g/mol. The van der Waals surface area contributed by atoms with E-state index in [1.165, 1.54) is 18.4 Å². The lowest BCUT2D eigenvalue weighted by Crippen LogP contribution is -2.56. The van der Waals surface area contributed by atoms with Crippen LogP contribution in [0.2, 0.25) is 0 Å². The summed E-state index contributed by atoms with van der Waals surface area (Å²) >= 11 is 0. The van der Waals surface area contributed by atoms with Gasteiger partial charge in [-0.15, -0.1) is 0 Å². The maximum Gasteiger partial charge on any atom is 0.230 e. The molecule has 1 saturated heterocycles. The van der Waals surface area contributed by atoms with E-state index in [0.717, 1.165) is 0 Å². The van der Waals surface area contributed by atoms with Crippen LogP contribution < -0.4 is 0 Å². The van der Waals surface area contributed by atoms with E-state index in [9.17, 15) is 4.79 Å². The molecule has 1 aliphatic heterocycles. The van der Waals surface area contributed by atoms with Gasteiger partial charge in [0.15, 0.2) is 0 Å². The maximum absolute atomic E-state index is 13.1. The predicted molar refractivity (Wildman–Crippen MR) is 78.5 cm³/mol. The maximum atomic E-state index is 13.1. The number of rotatable bonds is 3. The van der Waals surface area contributed by atoms with Crippen LogP contribution in [-0.4, -0.2) is 36.1 Å². The summed E-state index contributed by atoms with van der Waals surface area (Å²) in [7, 11) is 0. The quantitative estimate of drug-likeness (QED) is 0.847. The highest BCUT2D eigenvalue weighted by molar-refractivity contribution is 5.85. The van der Waals surface area contributed by atoms with E-state index in [4.69, 9.17) is 4.74 Å². The molecule has 1 aromatic rings. The van der Waals surface area contributed by atoms with Gasteiger partial charge in [-0.25, -0.2) is 0 Å². The number of hydrogen-bond donors (Lipinski definition) is 0. The van der Waals surface area contributed by atoms with Crippen LogP contribution in [-0.2, 0) is 9.53 Å². The van der Waals surface area contributed by atoms with Crippen LogP contribution >= 0.6 is 0 Å². The SMILES string of the molecule is CC1(C)COCCN1C(=O)C(c1ccccc1)C1CC1. The fraction of sp³-hybridized carbons (Fsp3) is 0.588. The summed E-state index contributed by atoms with van der Waals surface area (Å²) in [4.78, 5) is 15.1. The monoisotopic (exact) mass is 273 g/mol. The topological polar surface area (TPSA) is 29.5 Å². The molecule has 0 radical (unpaired) electrons. The lowest BCUT2D eigenvalue weighted by Gasteiger charge is -2.43. The van der Waals surface area contributed by atoms with Crippen LogP contribution in [0.4, 0.5) is 0 Å². The van der Waals surface area contributed by atoms with Crippen LogP contribution in [0, 0.1) is 5.92 Å². The van der Waals surface area contributed by atoms with E-state index in [0.29, 0.717) is 25.7 Å². The zero-order valence-corrected chi connectivity index (χ0v) is 12.3. The first-order chi connectivity index (χ1) is 9.59. The number of nitrogens with zero attached hydrogens (tertiary/aromatic N) is 1. The number of morpholine rings is 1. The van der Waals surface area contributed by atoms with Crippen LogP contribution in [0.3, 0.4) is 0 Å². The molecule has 2 fully saturated rings. The first-order valence-electron chi connectivity index (χ1n) is 7.54. The number of ether oxygens (including phenoxy) is 1. The van der Waals surface area contributed by atoms with E-state index in [1.807, 2.05) is 23.1 Å². The smallest absolute Gasteiger partial charge is 0.230 e. The van der Waals surface area contributed by atoms with E-state index in [2.05, 4.69) is 26.0 Å². The van der Waals surface area contributed by atoms with Crippen molar-refractivity contribution >= 4 is 5.91 Å². The molecule has 1 aliphatic carbocycles. The highest BCUT2D eigenvalue weighted by Gasteiger charge is 2.43. The Labute approximate surface area is 120 Å². The minimum atomic E-state index is -0.197. The molecule has 20 heavy (non-hydrogen) atoms. The lowest BCUT2D eigenvalue weighted by atomic mass is 9.90. The van der Waals surface area contributed by atoms with E-state index >= 15 is 0 Å². The molecule has 3 heteroatoms. The Hall–Kier alpha value is -1.35. The second kappa shape index (κ2) is 5.21. The molecule has 1 atom stereocenters. The second-order valence-electron chi connectivity index (χ2n) is 6.58. The van der Waals surface area contributed by atoms with Crippen molar-refractivity contribution in [1.29, 1.82) is 0 Å². The Bertz CT molecular complexity index is 479. The van der Waals surface area contributed by atoms with Crippen molar-refractivity contribution in [1.82, 2.24) is 4.90 Å². The molecule has 1 saturated carbocycles. The molecule has 108 valence electrons. The third-order valence-corrected chi connectivity index (χ3v) is 4.43. The number of carbonyl (C=O) groups excluding carboxylic acids is 1. The Morgan fingerprint density at radius 2 is 2.00 bits per heavy atom. The van der Waals surface area contributed by atoms with Gasteiger partial charge in [-0.3, -0.25) is 4.79 Å². The molecule has 3 rings (SSSR count). The highest BCUT2D eigenvalue weighted by Crippen LogP contribution is 2.44. The highest BCUT2D eigenvalue weighted by atomic mass is 16.5. The minimum absolute atomic E-state index is 0.0357. The molecule has 0 N–H and O–H groups in total. The van der Waals surface area contributed by atoms with Gasteiger partial charge in [0.2, 0.25) is 5.91 Å². The average Bonchev–Trinajstić information content (AvgIpc) is 3.24. The van der Waals surface area contributed by atoms with Crippen LogP contribution in [0.5, 0.6) is 0 Å². The molecule has 0 bridgehead atoms. The van der Waals surface area contributed by atoms with E-state index in [-0.39, 0.29) is 17.4 Å². The minimum Gasteiger partial charge on any atom is -0.377 e. The molecule has 2 aliphatic rings. The number of amides is 1. The largest absolute Gasteiger partial charge is 0.377 e. The van der Waals surface area contributed by atoms with Crippen molar-refractivity contribution in [3.63, 3.8) is 0 Å². The van der Waals surface area contributed by atoms with Gasteiger partial charge < -0.3 is 9.64 Å². The van der Waals surface area contributed by atoms with Gasteiger partial charge in [0.25, 0.3) is 0 Å². The normalized spacial score (nSPS) is 23.4. The van der Waals surface area contributed by atoms with Crippen molar-refractivity contribution in [3.8, 4) is 0 Å². The van der Waals surface area contributed by atoms with Crippen LogP contribution in [0.15, 0.2) is 30.3 Å². The van der Waals surface area contributed by atoms with Gasteiger partial charge in [0.1, 0.15) is 0 Å². The van der Waals surface area contributed by atoms with Gasteiger partial charge in [-0.05, 0) is 38.2 Å². The van der Waals surface area contributed by atoms with Crippen molar-refractivity contribution in [2.75, 3.05) is 19.8 Å². The van der Waals surface area contributed by atoms with Gasteiger partial charge in [0.05, 0.1) is 24.7 Å². The molecule has 1 unspecified atom stereocenters. The van der Waals surface area contributed by atoms with Crippen molar-refractivity contribution in [3.05, 3.63) is 35.9 Å². The molecule has 0 aromatic heterocycles. The fourth-order valence-electron chi connectivity index (χ4n) is 3.14.